The maximum absolute atomic E-state index is 13.3. The van der Waals surface area contributed by atoms with Crippen LogP contribution in [0.2, 0.25) is 0 Å². The van der Waals surface area contributed by atoms with Crippen molar-refractivity contribution in [2.45, 2.75) is 6.92 Å². The highest BCUT2D eigenvalue weighted by Crippen LogP contribution is 2.24. The van der Waals surface area contributed by atoms with E-state index in [1.165, 1.54) is 18.2 Å². The van der Waals surface area contributed by atoms with Gasteiger partial charge in [0.05, 0.1) is 17.4 Å². The lowest BCUT2D eigenvalue weighted by atomic mass is 10.2. The summed E-state index contributed by atoms with van der Waals surface area (Å²) in [6.07, 6.45) is 1.03. The first-order chi connectivity index (χ1) is 10.0. The first-order valence-corrected chi connectivity index (χ1v) is 6.96. The number of nitrogens with zero attached hydrogens (tertiary/aromatic N) is 1. The topological polar surface area (TPSA) is 54.0 Å². The number of benzene rings is 1. The van der Waals surface area contributed by atoms with Crippen LogP contribution in [-0.2, 0) is 0 Å². The first kappa shape index (κ1) is 15.4. The van der Waals surface area contributed by atoms with Gasteiger partial charge in [0.1, 0.15) is 17.5 Å². The van der Waals surface area contributed by atoms with Crippen LogP contribution in [0.5, 0.6) is 0 Å². The molecule has 2 aromatic rings. The smallest absolute Gasteiger partial charge is 0.259 e. The standard InChI is InChI=1S/C14H12BrF2N3O/c1-2-18-13-10(5-9(17)7-19-13)14(21)20-12-4-3-8(16)6-11(12)15/h3-7H,2H2,1H3,(H,18,19)(H,20,21). The third-order valence-corrected chi connectivity index (χ3v) is 3.28. The summed E-state index contributed by atoms with van der Waals surface area (Å²) < 4.78 is 26.7. The Morgan fingerprint density at radius 2 is 2.05 bits per heavy atom. The normalized spacial score (nSPS) is 10.3. The van der Waals surface area contributed by atoms with Gasteiger partial charge in [-0.05, 0) is 47.1 Å². The van der Waals surface area contributed by atoms with Crippen molar-refractivity contribution < 1.29 is 13.6 Å². The molecule has 0 saturated carbocycles. The first-order valence-electron chi connectivity index (χ1n) is 6.17. The maximum Gasteiger partial charge on any atom is 0.259 e. The van der Waals surface area contributed by atoms with Crippen molar-refractivity contribution in [3.8, 4) is 0 Å². The van der Waals surface area contributed by atoms with Crippen LogP contribution >= 0.6 is 15.9 Å². The van der Waals surface area contributed by atoms with Crippen molar-refractivity contribution in [2.24, 2.45) is 0 Å². The van der Waals surface area contributed by atoms with Gasteiger partial charge in [-0.15, -0.1) is 0 Å². The minimum Gasteiger partial charge on any atom is -0.370 e. The molecule has 0 aliphatic heterocycles. The van der Waals surface area contributed by atoms with Crippen LogP contribution in [0.4, 0.5) is 20.3 Å². The fourth-order valence-corrected chi connectivity index (χ4v) is 2.15. The SMILES string of the molecule is CCNc1ncc(F)cc1C(=O)Nc1ccc(F)cc1Br. The Morgan fingerprint density at radius 1 is 1.29 bits per heavy atom. The summed E-state index contributed by atoms with van der Waals surface area (Å²) in [5, 5.41) is 5.46. The van der Waals surface area contributed by atoms with E-state index in [2.05, 4.69) is 31.5 Å². The summed E-state index contributed by atoms with van der Waals surface area (Å²) in [6, 6.07) is 4.95. The molecule has 7 heteroatoms. The van der Waals surface area contributed by atoms with Crippen LogP contribution < -0.4 is 10.6 Å². The summed E-state index contributed by atoms with van der Waals surface area (Å²) in [4.78, 5) is 16.1. The van der Waals surface area contributed by atoms with Crippen molar-refractivity contribution in [3.63, 3.8) is 0 Å². The maximum atomic E-state index is 13.3. The van der Waals surface area contributed by atoms with Crippen LogP contribution in [0.1, 0.15) is 17.3 Å². The van der Waals surface area contributed by atoms with E-state index in [9.17, 15) is 13.6 Å². The Labute approximate surface area is 128 Å². The molecule has 0 atom stereocenters. The lowest BCUT2D eigenvalue weighted by Crippen LogP contribution is -2.16. The number of hydrogen-bond donors (Lipinski definition) is 2. The Morgan fingerprint density at radius 3 is 2.71 bits per heavy atom. The number of amides is 1. The lowest BCUT2D eigenvalue weighted by molar-refractivity contribution is 0.102. The average Bonchev–Trinajstić information content (AvgIpc) is 2.44. The third kappa shape index (κ3) is 3.75. The quantitative estimate of drug-likeness (QED) is 0.876. The van der Waals surface area contributed by atoms with Crippen LogP contribution in [0.15, 0.2) is 34.9 Å². The fraction of sp³-hybridized carbons (Fsp3) is 0.143. The highest BCUT2D eigenvalue weighted by Gasteiger charge is 2.15. The Bertz CT molecular complexity index is 679. The fourth-order valence-electron chi connectivity index (χ4n) is 1.70. The van der Waals surface area contributed by atoms with Crippen LogP contribution in [0, 0.1) is 11.6 Å². The summed E-state index contributed by atoms with van der Waals surface area (Å²) in [7, 11) is 0. The van der Waals surface area contributed by atoms with Crippen LogP contribution in [-0.4, -0.2) is 17.4 Å². The minimum absolute atomic E-state index is 0.0769. The number of aromatic nitrogens is 1. The van der Waals surface area contributed by atoms with E-state index in [1.54, 1.807) is 0 Å². The van der Waals surface area contributed by atoms with Crippen LogP contribution in [0.3, 0.4) is 0 Å². The Balaban J connectivity index is 2.29. The van der Waals surface area contributed by atoms with Gasteiger partial charge in [0.15, 0.2) is 0 Å². The number of anilines is 2. The van der Waals surface area contributed by atoms with Crippen molar-refractivity contribution >= 4 is 33.3 Å². The molecule has 0 saturated heterocycles. The van der Waals surface area contributed by atoms with E-state index < -0.39 is 17.5 Å². The van der Waals surface area contributed by atoms with Gasteiger partial charge >= 0.3 is 0 Å². The van der Waals surface area contributed by atoms with Crippen molar-refractivity contribution in [1.29, 1.82) is 0 Å². The second kappa shape index (κ2) is 6.62. The summed E-state index contributed by atoms with van der Waals surface area (Å²) >= 11 is 3.15. The van der Waals surface area contributed by atoms with Gasteiger partial charge in [-0.25, -0.2) is 13.8 Å². The molecule has 21 heavy (non-hydrogen) atoms. The van der Waals surface area contributed by atoms with E-state index in [-0.39, 0.29) is 11.4 Å². The van der Waals surface area contributed by atoms with Gasteiger partial charge in [0, 0.05) is 11.0 Å². The molecule has 0 bridgehead atoms. The Kier molecular flexibility index (Phi) is 4.85. The molecule has 0 radical (unpaired) electrons. The van der Waals surface area contributed by atoms with Crippen molar-refractivity contribution in [3.05, 3.63) is 52.1 Å². The van der Waals surface area contributed by atoms with E-state index in [4.69, 9.17) is 0 Å². The van der Waals surface area contributed by atoms with Gasteiger partial charge in [-0.1, -0.05) is 0 Å². The number of pyridine rings is 1. The second-order valence-electron chi connectivity index (χ2n) is 4.16. The summed E-state index contributed by atoms with van der Waals surface area (Å²) in [6.45, 7) is 2.38. The molecule has 1 heterocycles. The molecular weight excluding hydrogens is 344 g/mol. The van der Waals surface area contributed by atoms with Gasteiger partial charge in [0.25, 0.3) is 5.91 Å². The molecule has 0 spiro atoms. The zero-order valence-electron chi connectivity index (χ0n) is 11.1. The summed E-state index contributed by atoms with van der Waals surface area (Å²) in [5.74, 6) is -1.29. The predicted molar refractivity (Wildman–Crippen MR) is 80.4 cm³/mol. The highest BCUT2D eigenvalue weighted by atomic mass is 79.9. The number of carbonyl (C=O) groups is 1. The molecule has 2 rings (SSSR count). The van der Waals surface area contributed by atoms with Gasteiger partial charge in [-0.3, -0.25) is 4.79 Å². The van der Waals surface area contributed by atoms with Crippen molar-refractivity contribution in [1.82, 2.24) is 4.98 Å². The molecule has 0 aliphatic carbocycles. The molecule has 2 N–H and O–H groups in total. The lowest BCUT2D eigenvalue weighted by Gasteiger charge is -2.11. The number of carbonyl (C=O) groups excluding carboxylic acids is 1. The highest BCUT2D eigenvalue weighted by molar-refractivity contribution is 9.10. The molecular formula is C14H12BrF2N3O. The summed E-state index contributed by atoms with van der Waals surface area (Å²) in [5.41, 5.74) is 0.459. The molecule has 4 nitrogen and oxygen atoms in total. The number of nitrogens with one attached hydrogen (secondary N) is 2. The van der Waals surface area contributed by atoms with Gasteiger partial charge in [-0.2, -0.15) is 0 Å². The zero-order chi connectivity index (χ0) is 15.4. The molecule has 0 fully saturated rings. The predicted octanol–water partition coefficient (Wildman–Crippen LogP) is 3.81. The monoisotopic (exact) mass is 355 g/mol. The number of halogens is 3. The minimum atomic E-state index is -0.611. The van der Waals surface area contributed by atoms with Gasteiger partial charge < -0.3 is 10.6 Å². The van der Waals surface area contributed by atoms with E-state index in [0.717, 1.165) is 12.3 Å². The molecule has 0 unspecified atom stereocenters. The van der Waals surface area contributed by atoms with Crippen LogP contribution in [0.25, 0.3) is 0 Å². The molecule has 1 aromatic carbocycles. The second-order valence-corrected chi connectivity index (χ2v) is 5.01. The Hall–Kier alpha value is -2.02. The van der Waals surface area contributed by atoms with Crippen molar-refractivity contribution in [2.75, 3.05) is 17.2 Å². The number of rotatable bonds is 4. The van der Waals surface area contributed by atoms with E-state index in [0.29, 0.717) is 16.7 Å². The zero-order valence-corrected chi connectivity index (χ0v) is 12.7. The molecule has 1 aromatic heterocycles. The van der Waals surface area contributed by atoms with Gasteiger partial charge in [0.2, 0.25) is 0 Å². The number of hydrogen-bond acceptors (Lipinski definition) is 3. The molecule has 110 valence electrons. The molecule has 1 amide bonds. The largest absolute Gasteiger partial charge is 0.370 e. The molecule has 0 aliphatic rings. The van der Waals surface area contributed by atoms with E-state index in [1.807, 2.05) is 6.92 Å². The van der Waals surface area contributed by atoms with E-state index >= 15 is 0 Å². The average molecular weight is 356 g/mol. The third-order valence-electron chi connectivity index (χ3n) is 2.62.